The highest BCUT2D eigenvalue weighted by atomic mass is 16.5. The molecule has 4 rings (SSSR count). The summed E-state index contributed by atoms with van der Waals surface area (Å²) in [4.78, 5) is 27.3. The Kier molecular flexibility index (Phi) is 5.46. The van der Waals surface area contributed by atoms with Gasteiger partial charge in [0.15, 0.2) is 0 Å². The third-order valence-corrected chi connectivity index (χ3v) is 5.51. The fraction of sp³-hybridized carbons (Fsp3) is 0.304. The standard InChI is InChI=1S/C23H23NO6/c1-29-17-9-7-14(8-10-17)21(26)19-20(15-4-2-5-16(25)12-15)24(23(28)22(19)27)13-18-6-3-11-30-18/h2,4-5,7-10,12,18,20,25-26H,3,6,11,13H2,1H3/b21-19+/t18-,20-/m1/s1. The molecule has 1 amide bonds. The average molecular weight is 409 g/mol. The van der Waals surface area contributed by atoms with E-state index in [4.69, 9.17) is 9.47 Å². The highest BCUT2D eigenvalue weighted by Gasteiger charge is 2.47. The lowest BCUT2D eigenvalue weighted by Crippen LogP contribution is -2.36. The second-order valence-electron chi connectivity index (χ2n) is 7.41. The van der Waals surface area contributed by atoms with Gasteiger partial charge in [0.25, 0.3) is 11.7 Å². The smallest absolute Gasteiger partial charge is 0.295 e. The maximum atomic E-state index is 13.0. The Labute approximate surface area is 174 Å². The lowest BCUT2D eigenvalue weighted by molar-refractivity contribution is -0.140. The molecule has 7 heteroatoms. The minimum atomic E-state index is -0.816. The normalized spacial score (nSPS) is 23.2. The van der Waals surface area contributed by atoms with Gasteiger partial charge in [-0.25, -0.2) is 0 Å². The van der Waals surface area contributed by atoms with E-state index in [1.54, 1.807) is 36.4 Å². The quantitative estimate of drug-likeness (QED) is 0.448. The van der Waals surface area contributed by atoms with Crippen molar-refractivity contribution in [1.29, 1.82) is 0 Å². The maximum absolute atomic E-state index is 13.0. The lowest BCUT2D eigenvalue weighted by Gasteiger charge is -2.27. The number of aromatic hydroxyl groups is 1. The first kappa shape index (κ1) is 20.0. The van der Waals surface area contributed by atoms with Crippen LogP contribution in [0.4, 0.5) is 0 Å². The molecule has 0 radical (unpaired) electrons. The Morgan fingerprint density at radius 2 is 1.97 bits per heavy atom. The second-order valence-corrected chi connectivity index (χ2v) is 7.41. The number of hydrogen-bond acceptors (Lipinski definition) is 6. The molecule has 156 valence electrons. The molecular weight excluding hydrogens is 386 g/mol. The van der Waals surface area contributed by atoms with E-state index in [2.05, 4.69) is 0 Å². The number of carbonyl (C=O) groups is 2. The van der Waals surface area contributed by atoms with Crippen LogP contribution in [0.5, 0.6) is 11.5 Å². The molecule has 2 fully saturated rings. The number of likely N-dealkylation sites (tertiary alicyclic amines) is 1. The summed E-state index contributed by atoms with van der Waals surface area (Å²) in [5.41, 5.74) is 0.937. The summed E-state index contributed by atoms with van der Waals surface area (Å²) in [6.07, 6.45) is 1.54. The van der Waals surface area contributed by atoms with Gasteiger partial charge in [-0.15, -0.1) is 0 Å². The van der Waals surface area contributed by atoms with Gasteiger partial charge in [-0.3, -0.25) is 9.59 Å². The molecule has 2 heterocycles. The highest BCUT2D eigenvalue weighted by molar-refractivity contribution is 6.46. The van der Waals surface area contributed by atoms with Crippen LogP contribution in [-0.2, 0) is 14.3 Å². The molecule has 2 aliphatic rings. The van der Waals surface area contributed by atoms with Gasteiger partial charge in [0.2, 0.25) is 0 Å². The van der Waals surface area contributed by atoms with Crippen LogP contribution in [0.2, 0.25) is 0 Å². The van der Waals surface area contributed by atoms with Crippen LogP contribution >= 0.6 is 0 Å². The minimum absolute atomic E-state index is 0.00577. The van der Waals surface area contributed by atoms with Gasteiger partial charge in [-0.05, 0) is 54.8 Å². The molecule has 0 spiro atoms. The Morgan fingerprint density at radius 1 is 1.20 bits per heavy atom. The van der Waals surface area contributed by atoms with Gasteiger partial charge in [-0.2, -0.15) is 0 Å². The highest BCUT2D eigenvalue weighted by Crippen LogP contribution is 2.40. The zero-order valence-corrected chi connectivity index (χ0v) is 16.6. The van der Waals surface area contributed by atoms with Crippen LogP contribution in [0.1, 0.15) is 30.0 Å². The fourth-order valence-electron chi connectivity index (χ4n) is 4.02. The Hall–Kier alpha value is -3.32. The number of ether oxygens (including phenoxy) is 2. The minimum Gasteiger partial charge on any atom is -0.508 e. The number of phenolic OH excluding ortho intramolecular Hbond substituents is 1. The van der Waals surface area contributed by atoms with Crippen molar-refractivity contribution in [3.63, 3.8) is 0 Å². The maximum Gasteiger partial charge on any atom is 0.295 e. The Morgan fingerprint density at radius 3 is 2.60 bits per heavy atom. The van der Waals surface area contributed by atoms with Crippen molar-refractivity contribution < 1.29 is 29.3 Å². The summed E-state index contributed by atoms with van der Waals surface area (Å²) < 4.78 is 10.8. The largest absolute Gasteiger partial charge is 0.508 e. The topological polar surface area (TPSA) is 96.3 Å². The van der Waals surface area contributed by atoms with Crippen molar-refractivity contribution in [2.24, 2.45) is 0 Å². The third-order valence-electron chi connectivity index (χ3n) is 5.51. The number of nitrogens with zero attached hydrogens (tertiary/aromatic N) is 1. The summed E-state index contributed by atoms with van der Waals surface area (Å²) in [7, 11) is 1.54. The van der Waals surface area contributed by atoms with Gasteiger partial charge in [0.1, 0.15) is 17.3 Å². The van der Waals surface area contributed by atoms with Crippen molar-refractivity contribution in [1.82, 2.24) is 4.90 Å². The van der Waals surface area contributed by atoms with Crippen LogP contribution in [0.15, 0.2) is 54.1 Å². The van der Waals surface area contributed by atoms with Crippen LogP contribution in [-0.4, -0.2) is 53.2 Å². The van der Waals surface area contributed by atoms with Crippen molar-refractivity contribution in [2.75, 3.05) is 20.3 Å². The monoisotopic (exact) mass is 409 g/mol. The molecule has 30 heavy (non-hydrogen) atoms. The third kappa shape index (κ3) is 3.64. The van der Waals surface area contributed by atoms with Gasteiger partial charge in [-0.1, -0.05) is 12.1 Å². The van der Waals surface area contributed by atoms with Crippen LogP contribution in [0.3, 0.4) is 0 Å². The van der Waals surface area contributed by atoms with Gasteiger partial charge in [0.05, 0.1) is 24.8 Å². The number of Topliss-reactive ketones (excluding diaryl/α,β-unsaturated/α-hetero) is 1. The predicted molar refractivity (Wildman–Crippen MR) is 109 cm³/mol. The van der Waals surface area contributed by atoms with Crippen molar-refractivity contribution in [3.8, 4) is 11.5 Å². The number of phenols is 1. The summed E-state index contributed by atoms with van der Waals surface area (Å²) >= 11 is 0. The van der Waals surface area contributed by atoms with E-state index in [0.29, 0.717) is 23.5 Å². The molecule has 0 saturated carbocycles. The molecule has 2 aromatic rings. The summed E-state index contributed by atoms with van der Waals surface area (Å²) in [6.45, 7) is 0.863. The summed E-state index contributed by atoms with van der Waals surface area (Å²) in [6, 6.07) is 12.1. The number of aliphatic hydroxyl groups excluding tert-OH is 1. The number of carbonyl (C=O) groups excluding carboxylic acids is 2. The van der Waals surface area contributed by atoms with Crippen molar-refractivity contribution >= 4 is 17.4 Å². The molecule has 2 atom stereocenters. The van der Waals surface area contributed by atoms with Crippen LogP contribution < -0.4 is 4.74 Å². The molecule has 2 N–H and O–H groups in total. The number of amides is 1. The Balaban J connectivity index is 1.81. The van der Waals surface area contributed by atoms with E-state index in [9.17, 15) is 19.8 Å². The predicted octanol–water partition coefficient (Wildman–Crippen LogP) is 3.00. The molecule has 0 unspecified atom stereocenters. The van der Waals surface area contributed by atoms with E-state index in [1.165, 1.54) is 24.1 Å². The van der Waals surface area contributed by atoms with E-state index in [1.807, 2.05) is 0 Å². The summed E-state index contributed by atoms with van der Waals surface area (Å²) in [5, 5.41) is 21.0. The zero-order valence-electron chi connectivity index (χ0n) is 16.6. The SMILES string of the molecule is COc1ccc(/C(O)=C2\C(=O)C(=O)N(C[C@H]3CCCO3)[C@@H]2c2cccc(O)c2)cc1. The number of rotatable bonds is 5. The van der Waals surface area contributed by atoms with E-state index < -0.39 is 17.7 Å². The molecule has 0 bridgehead atoms. The fourth-order valence-corrected chi connectivity index (χ4v) is 4.02. The lowest BCUT2D eigenvalue weighted by atomic mass is 9.95. The molecule has 0 aliphatic carbocycles. The molecule has 2 aromatic carbocycles. The number of benzene rings is 2. The Bertz CT molecular complexity index is 991. The van der Waals surface area contributed by atoms with Crippen LogP contribution in [0, 0.1) is 0 Å². The first-order valence-electron chi connectivity index (χ1n) is 9.83. The second kappa shape index (κ2) is 8.20. The number of ketones is 1. The van der Waals surface area contributed by atoms with Crippen molar-refractivity contribution in [3.05, 3.63) is 65.2 Å². The zero-order chi connectivity index (χ0) is 21.3. The van der Waals surface area contributed by atoms with E-state index in [-0.39, 0.29) is 29.7 Å². The molecular formula is C23H23NO6. The van der Waals surface area contributed by atoms with Gasteiger partial charge in [0, 0.05) is 18.7 Å². The van der Waals surface area contributed by atoms with Gasteiger partial charge < -0.3 is 24.6 Å². The first-order valence-corrected chi connectivity index (χ1v) is 9.83. The average Bonchev–Trinajstić information content (AvgIpc) is 3.36. The summed E-state index contributed by atoms with van der Waals surface area (Å²) in [5.74, 6) is -1.09. The molecule has 2 saturated heterocycles. The van der Waals surface area contributed by atoms with Crippen molar-refractivity contribution in [2.45, 2.75) is 25.0 Å². The first-order chi connectivity index (χ1) is 14.5. The molecule has 7 nitrogen and oxygen atoms in total. The molecule has 2 aliphatic heterocycles. The number of aliphatic hydroxyl groups is 1. The van der Waals surface area contributed by atoms with E-state index in [0.717, 1.165) is 12.8 Å². The van der Waals surface area contributed by atoms with Gasteiger partial charge >= 0.3 is 0 Å². The number of hydrogen-bond donors (Lipinski definition) is 2. The molecule has 0 aromatic heterocycles. The van der Waals surface area contributed by atoms with E-state index >= 15 is 0 Å². The van der Waals surface area contributed by atoms with Crippen LogP contribution in [0.25, 0.3) is 5.76 Å². The number of methoxy groups -OCH3 is 1.